The molecule has 5 heteroatoms. The largest absolute Gasteiger partial charge is 0.494 e. The smallest absolute Gasteiger partial charge is 0.251 e. The van der Waals surface area contributed by atoms with Crippen molar-refractivity contribution in [1.29, 1.82) is 0 Å². The molecule has 0 bridgehead atoms. The summed E-state index contributed by atoms with van der Waals surface area (Å²) >= 11 is 0. The van der Waals surface area contributed by atoms with E-state index in [-0.39, 0.29) is 11.9 Å². The molecule has 2 atom stereocenters. The van der Waals surface area contributed by atoms with Crippen LogP contribution >= 0.6 is 0 Å². The number of ether oxygens (including phenoxy) is 1. The standard InChI is InChI=1S/C15H22N2O3/c1-2-20-12-8-10(7-11(16)9-12)15(19)17-13-5-3-4-6-14(13)18/h7-9,13-14,18H,2-6,16H2,1H3,(H,17,19)/t13-,14-/m0/s1. The number of anilines is 1. The Morgan fingerprint density at radius 3 is 2.85 bits per heavy atom. The van der Waals surface area contributed by atoms with Gasteiger partial charge in [-0.25, -0.2) is 0 Å². The first-order valence-electron chi connectivity index (χ1n) is 7.12. The van der Waals surface area contributed by atoms with Gasteiger partial charge in [-0.05, 0) is 31.9 Å². The zero-order valence-corrected chi connectivity index (χ0v) is 11.8. The van der Waals surface area contributed by atoms with Gasteiger partial charge in [0, 0.05) is 17.3 Å². The maximum atomic E-state index is 12.2. The second kappa shape index (κ2) is 6.61. The van der Waals surface area contributed by atoms with Gasteiger partial charge in [-0.2, -0.15) is 0 Å². The van der Waals surface area contributed by atoms with Crippen molar-refractivity contribution in [3.8, 4) is 5.75 Å². The fourth-order valence-corrected chi connectivity index (χ4v) is 2.53. The molecule has 1 amide bonds. The minimum absolute atomic E-state index is 0.173. The summed E-state index contributed by atoms with van der Waals surface area (Å²) < 4.78 is 5.38. The third-order valence-electron chi connectivity index (χ3n) is 3.55. The van der Waals surface area contributed by atoms with Crippen molar-refractivity contribution < 1.29 is 14.6 Å². The van der Waals surface area contributed by atoms with E-state index in [0.717, 1.165) is 25.7 Å². The molecule has 1 aromatic carbocycles. The van der Waals surface area contributed by atoms with E-state index in [1.165, 1.54) is 0 Å². The van der Waals surface area contributed by atoms with Crippen molar-refractivity contribution in [3.05, 3.63) is 23.8 Å². The summed E-state index contributed by atoms with van der Waals surface area (Å²) in [5, 5.41) is 12.8. The summed E-state index contributed by atoms with van der Waals surface area (Å²) in [6.45, 7) is 2.40. The molecule has 0 aromatic heterocycles. The van der Waals surface area contributed by atoms with Gasteiger partial charge in [-0.1, -0.05) is 12.8 Å². The Bertz CT molecular complexity index is 476. The molecule has 0 radical (unpaired) electrons. The number of rotatable bonds is 4. The number of nitrogens with two attached hydrogens (primary N) is 1. The van der Waals surface area contributed by atoms with Gasteiger partial charge in [0.2, 0.25) is 0 Å². The Kier molecular flexibility index (Phi) is 4.84. The predicted molar refractivity (Wildman–Crippen MR) is 77.8 cm³/mol. The molecule has 1 aliphatic carbocycles. The molecule has 4 N–H and O–H groups in total. The second-order valence-corrected chi connectivity index (χ2v) is 5.16. The van der Waals surface area contributed by atoms with Crippen molar-refractivity contribution >= 4 is 11.6 Å². The van der Waals surface area contributed by atoms with Crippen molar-refractivity contribution in [3.63, 3.8) is 0 Å². The Labute approximate surface area is 119 Å². The van der Waals surface area contributed by atoms with E-state index in [0.29, 0.717) is 23.6 Å². The minimum Gasteiger partial charge on any atom is -0.494 e. The molecule has 1 aromatic rings. The van der Waals surface area contributed by atoms with Crippen molar-refractivity contribution in [2.75, 3.05) is 12.3 Å². The van der Waals surface area contributed by atoms with Crippen LogP contribution in [0.3, 0.4) is 0 Å². The minimum atomic E-state index is -0.458. The summed E-state index contributed by atoms with van der Waals surface area (Å²) in [4.78, 5) is 12.2. The molecule has 0 spiro atoms. The third kappa shape index (κ3) is 3.63. The Hall–Kier alpha value is -1.75. The van der Waals surface area contributed by atoms with Crippen LogP contribution in [0.2, 0.25) is 0 Å². The number of benzene rings is 1. The molecule has 20 heavy (non-hydrogen) atoms. The van der Waals surface area contributed by atoms with Gasteiger partial charge in [0.1, 0.15) is 5.75 Å². The number of aliphatic hydroxyl groups is 1. The normalized spacial score (nSPS) is 22.3. The Morgan fingerprint density at radius 1 is 1.40 bits per heavy atom. The Balaban J connectivity index is 2.08. The van der Waals surface area contributed by atoms with E-state index < -0.39 is 6.10 Å². The second-order valence-electron chi connectivity index (χ2n) is 5.16. The lowest BCUT2D eigenvalue weighted by molar-refractivity contribution is 0.0717. The van der Waals surface area contributed by atoms with Crippen LogP contribution in [0.1, 0.15) is 43.0 Å². The van der Waals surface area contributed by atoms with E-state index in [2.05, 4.69) is 5.32 Å². The lowest BCUT2D eigenvalue weighted by atomic mass is 9.92. The van der Waals surface area contributed by atoms with E-state index in [9.17, 15) is 9.90 Å². The predicted octanol–water partition coefficient (Wildman–Crippen LogP) is 1.70. The number of aliphatic hydroxyl groups excluding tert-OH is 1. The quantitative estimate of drug-likeness (QED) is 0.732. The number of carbonyl (C=O) groups excluding carboxylic acids is 1. The van der Waals surface area contributed by atoms with Crippen molar-refractivity contribution in [2.45, 2.75) is 44.8 Å². The van der Waals surface area contributed by atoms with Crippen LogP contribution in [-0.2, 0) is 0 Å². The van der Waals surface area contributed by atoms with Gasteiger partial charge >= 0.3 is 0 Å². The van der Waals surface area contributed by atoms with Gasteiger partial charge in [0.05, 0.1) is 18.8 Å². The summed E-state index contributed by atoms with van der Waals surface area (Å²) in [6, 6.07) is 4.81. The summed E-state index contributed by atoms with van der Waals surface area (Å²) in [5.74, 6) is 0.367. The Morgan fingerprint density at radius 2 is 2.15 bits per heavy atom. The number of hydrogen-bond acceptors (Lipinski definition) is 4. The van der Waals surface area contributed by atoms with E-state index in [1.54, 1.807) is 18.2 Å². The highest BCUT2D eigenvalue weighted by Crippen LogP contribution is 2.21. The molecule has 110 valence electrons. The highest BCUT2D eigenvalue weighted by atomic mass is 16.5. The zero-order valence-electron chi connectivity index (χ0n) is 11.8. The van der Waals surface area contributed by atoms with Crippen molar-refractivity contribution in [1.82, 2.24) is 5.32 Å². The molecular weight excluding hydrogens is 256 g/mol. The first-order chi connectivity index (χ1) is 9.60. The molecule has 0 unspecified atom stereocenters. The summed E-state index contributed by atoms with van der Waals surface area (Å²) in [5.41, 5.74) is 6.73. The third-order valence-corrected chi connectivity index (χ3v) is 3.55. The average Bonchev–Trinajstić information content (AvgIpc) is 2.41. The molecule has 0 aliphatic heterocycles. The van der Waals surface area contributed by atoms with E-state index in [4.69, 9.17) is 10.5 Å². The lowest BCUT2D eigenvalue weighted by Crippen LogP contribution is -2.45. The van der Waals surface area contributed by atoms with E-state index in [1.807, 2.05) is 6.92 Å². The van der Waals surface area contributed by atoms with Crippen LogP contribution in [0, 0.1) is 0 Å². The number of nitrogens with one attached hydrogen (secondary N) is 1. The molecule has 5 nitrogen and oxygen atoms in total. The maximum absolute atomic E-state index is 12.2. The van der Waals surface area contributed by atoms with Crippen LogP contribution in [0.4, 0.5) is 5.69 Å². The number of carbonyl (C=O) groups is 1. The van der Waals surface area contributed by atoms with Crippen molar-refractivity contribution in [2.24, 2.45) is 0 Å². The summed E-state index contributed by atoms with van der Waals surface area (Å²) in [6.07, 6.45) is 3.14. The molecule has 0 heterocycles. The van der Waals surface area contributed by atoms with E-state index >= 15 is 0 Å². The molecule has 1 aliphatic rings. The lowest BCUT2D eigenvalue weighted by Gasteiger charge is -2.28. The molecule has 0 saturated heterocycles. The highest BCUT2D eigenvalue weighted by Gasteiger charge is 2.25. The first-order valence-corrected chi connectivity index (χ1v) is 7.12. The summed E-state index contributed by atoms with van der Waals surface area (Å²) in [7, 11) is 0. The van der Waals surface area contributed by atoms with Gasteiger partial charge in [0.25, 0.3) is 5.91 Å². The topological polar surface area (TPSA) is 84.6 Å². The molecule has 1 saturated carbocycles. The number of amides is 1. The number of nitrogen functional groups attached to an aromatic ring is 1. The molecule has 1 fully saturated rings. The van der Waals surface area contributed by atoms with Gasteiger partial charge in [-0.3, -0.25) is 4.79 Å². The number of hydrogen-bond donors (Lipinski definition) is 3. The van der Waals surface area contributed by atoms with Gasteiger partial charge < -0.3 is 20.9 Å². The zero-order chi connectivity index (χ0) is 14.5. The highest BCUT2D eigenvalue weighted by molar-refractivity contribution is 5.95. The maximum Gasteiger partial charge on any atom is 0.251 e. The monoisotopic (exact) mass is 278 g/mol. The fourth-order valence-electron chi connectivity index (χ4n) is 2.53. The average molecular weight is 278 g/mol. The van der Waals surface area contributed by atoms with Crippen LogP contribution in [0.15, 0.2) is 18.2 Å². The molecule has 2 rings (SSSR count). The van der Waals surface area contributed by atoms with Crippen LogP contribution in [0.5, 0.6) is 5.75 Å². The molecular formula is C15H22N2O3. The SMILES string of the molecule is CCOc1cc(N)cc(C(=O)N[C@H]2CCCC[C@@H]2O)c1. The van der Waals surface area contributed by atoms with Crippen LogP contribution in [0.25, 0.3) is 0 Å². The first kappa shape index (κ1) is 14.7. The van der Waals surface area contributed by atoms with Crippen LogP contribution < -0.4 is 15.8 Å². The van der Waals surface area contributed by atoms with Gasteiger partial charge in [0.15, 0.2) is 0 Å². The van der Waals surface area contributed by atoms with Crippen LogP contribution in [-0.4, -0.2) is 29.8 Å². The fraction of sp³-hybridized carbons (Fsp3) is 0.533. The van der Waals surface area contributed by atoms with Gasteiger partial charge in [-0.15, -0.1) is 0 Å².